The van der Waals surface area contributed by atoms with Crippen molar-refractivity contribution in [3.8, 4) is 0 Å². The normalized spacial score (nSPS) is 22.1. The van der Waals surface area contributed by atoms with Crippen LogP contribution in [0.1, 0.15) is 49.7 Å². The standard InChI is InChI=1S/C16H24N4O/c1-11(2)8-20-10-14-13(15(20)21)7-17-16(18-14)19-6-4-5-12(3)9-19/h7,11-12H,4-6,8-10H2,1-3H3/t12-/m1/s1. The highest BCUT2D eigenvalue weighted by Gasteiger charge is 2.30. The third kappa shape index (κ3) is 2.87. The van der Waals surface area contributed by atoms with Crippen molar-refractivity contribution < 1.29 is 4.79 Å². The van der Waals surface area contributed by atoms with Gasteiger partial charge in [0.15, 0.2) is 0 Å². The van der Waals surface area contributed by atoms with Crippen LogP contribution in [0.25, 0.3) is 0 Å². The highest BCUT2D eigenvalue weighted by Crippen LogP contribution is 2.25. The molecule has 1 fully saturated rings. The summed E-state index contributed by atoms with van der Waals surface area (Å²) >= 11 is 0. The van der Waals surface area contributed by atoms with E-state index < -0.39 is 0 Å². The van der Waals surface area contributed by atoms with Gasteiger partial charge in [-0.15, -0.1) is 0 Å². The first-order chi connectivity index (χ1) is 10.0. The van der Waals surface area contributed by atoms with Crippen molar-refractivity contribution in [2.24, 2.45) is 11.8 Å². The number of anilines is 1. The van der Waals surface area contributed by atoms with Gasteiger partial charge >= 0.3 is 0 Å². The van der Waals surface area contributed by atoms with E-state index in [1.807, 2.05) is 4.90 Å². The number of piperidine rings is 1. The molecule has 1 amide bonds. The molecule has 3 rings (SSSR count). The number of hydrogen-bond acceptors (Lipinski definition) is 4. The molecule has 0 aromatic carbocycles. The zero-order valence-electron chi connectivity index (χ0n) is 13.2. The second kappa shape index (κ2) is 5.62. The zero-order chi connectivity index (χ0) is 15.0. The van der Waals surface area contributed by atoms with Crippen molar-refractivity contribution in [3.05, 3.63) is 17.5 Å². The maximum absolute atomic E-state index is 12.3. The predicted octanol–water partition coefficient (Wildman–Crippen LogP) is 2.32. The molecule has 5 nitrogen and oxygen atoms in total. The Morgan fingerprint density at radius 3 is 2.95 bits per heavy atom. The summed E-state index contributed by atoms with van der Waals surface area (Å²) in [4.78, 5) is 25.6. The van der Waals surface area contributed by atoms with E-state index >= 15 is 0 Å². The van der Waals surface area contributed by atoms with Crippen molar-refractivity contribution in [2.45, 2.75) is 40.2 Å². The Labute approximate surface area is 126 Å². The summed E-state index contributed by atoms with van der Waals surface area (Å²) in [7, 11) is 0. The maximum atomic E-state index is 12.3. The fourth-order valence-corrected chi connectivity index (χ4v) is 3.24. The van der Waals surface area contributed by atoms with Crippen molar-refractivity contribution >= 4 is 11.9 Å². The topological polar surface area (TPSA) is 49.3 Å². The molecular weight excluding hydrogens is 264 g/mol. The molecule has 0 spiro atoms. The van der Waals surface area contributed by atoms with Crippen LogP contribution >= 0.6 is 0 Å². The highest BCUT2D eigenvalue weighted by molar-refractivity contribution is 5.97. The number of carbonyl (C=O) groups excluding carboxylic acids is 1. The van der Waals surface area contributed by atoms with Crippen LogP contribution in [0.2, 0.25) is 0 Å². The molecule has 0 unspecified atom stereocenters. The minimum Gasteiger partial charge on any atom is -0.341 e. The van der Waals surface area contributed by atoms with Gasteiger partial charge in [-0.2, -0.15) is 0 Å². The quantitative estimate of drug-likeness (QED) is 0.856. The molecule has 0 aliphatic carbocycles. The summed E-state index contributed by atoms with van der Waals surface area (Å²) in [6.45, 7) is 9.98. The Bertz CT molecular complexity index is 543. The third-order valence-corrected chi connectivity index (χ3v) is 4.24. The highest BCUT2D eigenvalue weighted by atomic mass is 16.2. The van der Waals surface area contributed by atoms with Crippen LogP contribution < -0.4 is 4.90 Å². The molecule has 21 heavy (non-hydrogen) atoms. The lowest BCUT2D eigenvalue weighted by Crippen LogP contribution is -2.35. The van der Waals surface area contributed by atoms with Crippen LogP contribution in [-0.4, -0.2) is 40.4 Å². The SMILES string of the molecule is CC(C)CN1Cc2nc(N3CCC[C@@H](C)C3)ncc2C1=O. The van der Waals surface area contributed by atoms with Crippen LogP contribution in [0.3, 0.4) is 0 Å². The lowest BCUT2D eigenvalue weighted by molar-refractivity contribution is 0.0759. The number of amides is 1. The molecule has 1 aromatic heterocycles. The van der Waals surface area contributed by atoms with E-state index in [1.54, 1.807) is 6.20 Å². The molecule has 114 valence electrons. The molecule has 1 atom stereocenters. The number of hydrogen-bond donors (Lipinski definition) is 0. The fourth-order valence-electron chi connectivity index (χ4n) is 3.24. The Kier molecular flexibility index (Phi) is 3.83. The van der Waals surface area contributed by atoms with E-state index in [0.29, 0.717) is 23.9 Å². The van der Waals surface area contributed by atoms with Gasteiger partial charge < -0.3 is 9.80 Å². The Morgan fingerprint density at radius 2 is 2.24 bits per heavy atom. The Hall–Kier alpha value is -1.65. The Balaban J connectivity index is 1.79. The second-order valence-electron chi connectivity index (χ2n) is 6.80. The van der Waals surface area contributed by atoms with Gasteiger partial charge in [0, 0.05) is 25.8 Å². The first kappa shape index (κ1) is 14.3. The molecular formula is C16H24N4O. The van der Waals surface area contributed by atoms with E-state index in [-0.39, 0.29) is 5.91 Å². The first-order valence-electron chi connectivity index (χ1n) is 7.94. The van der Waals surface area contributed by atoms with Gasteiger partial charge in [0.05, 0.1) is 17.8 Å². The minimum atomic E-state index is 0.0808. The fraction of sp³-hybridized carbons (Fsp3) is 0.688. The molecule has 0 radical (unpaired) electrons. The van der Waals surface area contributed by atoms with Gasteiger partial charge in [-0.25, -0.2) is 9.97 Å². The van der Waals surface area contributed by atoms with E-state index in [1.165, 1.54) is 12.8 Å². The summed E-state index contributed by atoms with van der Waals surface area (Å²) in [5.41, 5.74) is 1.58. The molecule has 5 heteroatoms. The molecule has 1 aromatic rings. The largest absolute Gasteiger partial charge is 0.341 e. The lowest BCUT2D eigenvalue weighted by Gasteiger charge is -2.30. The number of carbonyl (C=O) groups is 1. The molecule has 2 aliphatic rings. The average molecular weight is 288 g/mol. The summed E-state index contributed by atoms with van der Waals surface area (Å²) < 4.78 is 0. The van der Waals surface area contributed by atoms with E-state index in [9.17, 15) is 4.79 Å². The number of aromatic nitrogens is 2. The van der Waals surface area contributed by atoms with Gasteiger partial charge in [-0.3, -0.25) is 4.79 Å². The monoisotopic (exact) mass is 288 g/mol. The molecule has 0 bridgehead atoms. The van der Waals surface area contributed by atoms with Crippen molar-refractivity contribution in [3.63, 3.8) is 0 Å². The van der Waals surface area contributed by atoms with Crippen LogP contribution in [0.5, 0.6) is 0 Å². The number of nitrogens with zero attached hydrogens (tertiary/aromatic N) is 4. The van der Waals surface area contributed by atoms with Crippen LogP contribution in [0, 0.1) is 11.8 Å². The van der Waals surface area contributed by atoms with Gasteiger partial charge in [-0.1, -0.05) is 20.8 Å². The van der Waals surface area contributed by atoms with Crippen molar-refractivity contribution in [1.29, 1.82) is 0 Å². The predicted molar refractivity (Wildman–Crippen MR) is 82.2 cm³/mol. The number of fused-ring (bicyclic) bond motifs is 1. The first-order valence-corrected chi connectivity index (χ1v) is 7.94. The van der Waals surface area contributed by atoms with E-state index in [4.69, 9.17) is 0 Å². The van der Waals surface area contributed by atoms with E-state index in [0.717, 1.165) is 31.3 Å². The third-order valence-electron chi connectivity index (χ3n) is 4.24. The van der Waals surface area contributed by atoms with Gasteiger partial charge in [0.1, 0.15) is 0 Å². The lowest BCUT2D eigenvalue weighted by atomic mass is 10.0. The average Bonchev–Trinajstić information content (AvgIpc) is 2.74. The molecule has 1 saturated heterocycles. The van der Waals surface area contributed by atoms with Gasteiger partial charge in [0.2, 0.25) is 5.95 Å². The molecule has 2 aliphatic heterocycles. The summed E-state index contributed by atoms with van der Waals surface area (Å²) in [6.07, 6.45) is 4.20. The van der Waals surface area contributed by atoms with Crippen LogP contribution in [0.4, 0.5) is 5.95 Å². The maximum Gasteiger partial charge on any atom is 0.257 e. The van der Waals surface area contributed by atoms with Crippen molar-refractivity contribution in [2.75, 3.05) is 24.5 Å². The summed E-state index contributed by atoms with van der Waals surface area (Å²) in [5.74, 6) is 2.03. The minimum absolute atomic E-state index is 0.0808. The summed E-state index contributed by atoms with van der Waals surface area (Å²) in [6, 6.07) is 0. The van der Waals surface area contributed by atoms with Gasteiger partial charge in [-0.05, 0) is 24.7 Å². The van der Waals surface area contributed by atoms with Crippen LogP contribution in [0.15, 0.2) is 6.20 Å². The zero-order valence-corrected chi connectivity index (χ0v) is 13.2. The molecule has 3 heterocycles. The van der Waals surface area contributed by atoms with Crippen LogP contribution in [-0.2, 0) is 6.54 Å². The van der Waals surface area contributed by atoms with Crippen molar-refractivity contribution in [1.82, 2.24) is 14.9 Å². The molecule has 0 saturated carbocycles. The van der Waals surface area contributed by atoms with Gasteiger partial charge in [0.25, 0.3) is 5.91 Å². The van der Waals surface area contributed by atoms with E-state index in [2.05, 4.69) is 35.6 Å². The Morgan fingerprint density at radius 1 is 1.43 bits per heavy atom. The molecule has 0 N–H and O–H groups in total. The number of rotatable bonds is 3. The smallest absolute Gasteiger partial charge is 0.257 e. The summed E-state index contributed by atoms with van der Waals surface area (Å²) in [5, 5.41) is 0. The second-order valence-corrected chi connectivity index (χ2v) is 6.80.